The third kappa shape index (κ3) is 17.8. The van der Waals surface area contributed by atoms with Crippen molar-refractivity contribution in [3.05, 3.63) is 144 Å². The molecule has 6 aromatic carbocycles. The molecule has 0 aromatic heterocycles. The summed E-state index contributed by atoms with van der Waals surface area (Å²) < 4.78 is 7.84. The molecule has 0 aliphatic carbocycles. The van der Waals surface area contributed by atoms with Gasteiger partial charge in [-0.3, -0.25) is 0 Å². The van der Waals surface area contributed by atoms with Crippen LogP contribution in [0.4, 0.5) is 0 Å². The van der Waals surface area contributed by atoms with Crippen LogP contribution < -0.4 is 10.0 Å². The Morgan fingerprint density at radius 1 is 0.347 bits per heavy atom. The minimum absolute atomic E-state index is 0.111. The summed E-state index contributed by atoms with van der Waals surface area (Å²) in [5.41, 5.74) is 3.02. The quantitative estimate of drug-likeness (QED) is 0.0183. The summed E-state index contributed by atoms with van der Waals surface area (Å²) in [5, 5.41) is 29.5. The summed E-state index contributed by atoms with van der Waals surface area (Å²) in [6.07, 6.45) is 23.3. The van der Waals surface area contributed by atoms with Crippen LogP contribution in [-0.4, -0.2) is 75.3 Å². The third-order valence-electron chi connectivity index (χ3n) is 15.6. The van der Waals surface area contributed by atoms with Gasteiger partial charge in [-0.15, -0.1) is 0 Å². The molecule has 0 aliphatic rings. The normalized spacial score (nSPS) is 11.9. The number of fused-ring (bicyclic) bond motifs is 3. The fraction of sp³-hybridized carbons (Fsp3) is 0.545. The molecule has 6 aromatic rings. The van der Waals surface area contributed by atoms with Crippen LogP contribution in [0.3, 0.4) is 0 Å². The first kappa shape index (κ1) is 60.5. The largest absolute Gasteiger partial charge is 0.871 e. The first-order valence-electron chi connectivity index (χ1n) is 29.3. The predicted octanol–water partition coefficient (Wildman–Crippen LogP) is 16.0. The van der Waals surface area contributed by atoms with Crippen molar-refractivity contribution >= 4 is 39.6 Å². The van der Waals surface area contributed by atoms with E-state index in [2.05, 4.69) is 183 Å². The molecule has 0 aliphatic heterocycles. The third-order valence-corrected chi connectivity index (χ3v) is 15.6. The minimum Gasteiger partial charge on any atom is -0.871 e. The molecule has 5 nitrogen and oxygen atoms in total. The zero-order valence-electron chi connectivity index (χ0n) is 46.9. The van der Waals surface area contributed by atoms with Gasteiger partial charge in [0.2, 0.25) is 0 Å². The fourth-order valence-electron chi connectivity index (χ4n) is 11.4. The molecule has 6 heteroatoms. The van der Waals surface area contributed by atoms with Gasteiger partial charge in [0, 0.05) is 12.0 Å². The van der Waals surface area contributed by atoms with E-state index in [-0.39, 0.29) is 6.61 Å². The molecule has 0 bridgehead atoms. The highest BCUT2D eigenvalue weighted by molar-refractivity contribution is 6.28. The Bertz CT molecular complexity index is 2040. The van der Waals surface area contributed by atoms with Crippen molar-refractivity contribution in [2.45, 2.75) is 176 Å². The van der Waals surface area contributed by atoms with E-state index in [9.17, 15) is 10.0 Å². The molecule has 0 heterocycles. The van der Waals surface area contributed by atoms with Gasteiger partial charge in [0.15, 0.2) is 0 Å². The van der Waals surface area contributed by atoms with E-state index in [0.29, 0.717) is 12.8 Å². The second-order valence-electron chi connectivity index (χ2n) is 21.0. The van der Waals surface area contributed by atoms with Crippen molar-refractivity contribution in [1.29, 1.82) is 0 Å². The maximum atomic E-state index is 11.2. The highest BCUT2D eigenvalue weighted by Crippen LogP contribution is 2.50. The first-order chi connectivity index (χ1) is 35.2. The maximum absolute atomic E-state index is 11.2. The van der Waals surface area contributed by atoms with Crippen LogP contribution in [0.2, 0.25) is 0 Å². The summed E-state index contributed by atoms with van der Waals surface area (Å²) in [4.78, 5) is 0. The SMILES string of the molecule is CCCC[N+](CCCC)(CCCC)CCCC.CCCC[N+](CCCC)(CCCC)CCCC.[O-]B([O-])OCCCC(c1cccc2ccccc12)(c1cccc2ccccc12)c1cccc2ccccc12. The van der Waals surface area contributed by atoms with Crippen LogP contribution >= 0.6 is 0 Å². The Morgan fingerprint density at radius 3 is 0.847 bits per heavy atom. The Labute approximate surface area is 440 Å². The minimum atomic E-state index is -2.28. The molecule has 0 amide bonds. The second-order valence-corrected chi connectivity index (χ2v) is 21.0. The highest BCUT2D eigenvalue weighted by Gasteiger charge is 2.39. The smallest absolute Gasteiger partial charge is 0.0786 e. The molecule has 0 saturated heterocycles. The van der Waals surface area contributed by atoms with Gasteiger partial charge in [0.05, 0.1) is 59.7 Å². The van der Waals surface area contributed by atoms with Gasteiger partial charge in [0.1, 0.15) is 0 Å². The molecule has 0 atom stereocenters. The molecule has 0 spiro atoms. The summed E-state index contributed by atoms with van der Waals surface area (Å²) in [6.45, 7) is 30.1. The van der Waals surface area contributed by atoms with Gasteiger partial charge < -0.3 is 23.7 Å². The van der Waals surface area contributed by atoms with Gasteiger partial charge >= 0.3 is 0 Å². The Hall–Kier alpha value is -4.04. The van der Waals surface area contributed by atoms with E-state index in [0.717, 1.165) is 0 Å². The Kier molecular flexibility index (Phi) is 28.3. The molecule has 394 valence electrons. The lowest BCUT2D eigenvalue weighted by molar-refractivity contribution is -0.929. The molecular weight excluding hydrogens is 880 g/mol. The topological polar surface area (TPSA) is 55.3 Å². The lowest BCUT2D eigenvalue weighted by Crippen LogP contribution is -2.50. The molecule has 72 heavy (non-hydrogen) atoms. The van der Waals surface area contributed by atoms with Crippen molar-refractivity contribution in [3.63, 3.8) is 0 Å². The van der Waals surface area contributed by atoms with E-state index in [1.54, 1.807) is 0 Å². The van der Waals surface area contributed by atoms with Crippen LogP contribution in [0.1, 0.15) is 188 Å². The van der Waals surface area contributed by atoms with Gasteiger partial charge in [-0.05, 0) is 113 Å². The van der Waals surface area contributed by atoms with Crippen molar-refractivity contribution in [1.82, 2.24) is 0 Å². The van der Waals surface area contributed by atoms with E-state index in [1.807, 2.05) is 0 Å². The number of unbranched alkanes of at least 4 members (excludes halogenated alkanes) is 8. The van der Waals surface area contributed by atoms with Gasteiger partial charge in [0.25, 0.3) is 0 Å². The van der Waals surface area contributed by atoms with Crippen molar-refractivity contribution in [2.75, 3.05) is 59.0 Å². The number of nitrogens with zero attached hydrogens (tertiary/aromatic N) is 2. The van der Waals surface area contributed by atoms with Crippen molar-refractivity contribution < 1.29 is 23.7 Å². The monoisotopic (exact) mass is 979 g/mol. The first-order valence-corrected chi connectivity index (χ1v) is 29.3. The Balaban J connectivity index is 0.000000277. The number of benzene rings is 6. The van der Waals surface area contributed by atoms with Gasteiger partial charge in [-0.1, -0.05) is 234 Å². The number of hydrogen-bond donors (Lipinski definition) is 0. The maximum Gasteiger partial charge on any atom is 0.0786 e. The van der Waals surface area contributed by atoms with Crippen LogP contribution in [0, 0.1) is 0 Å². The van der Waals surface area contributed by atoms with E-state index in [4.69, 9.17) is 4.65 Å². The summed E-state index contributed by atoms with van der Waals surface area (Å²) in [5.74, 6) is 0. The number of hydrogen-bond acceptors (Lipinski definition) is 3. The molecular formula is C66H99BN2O3. The number of rotatable bonds is 32. The van der Waals surface area contributed by atoms with E-state index < -0.39 is 12.7 Å². The average Bonchev–Trinajstić information content (AvgIpc) is 3.42. The zero-order chi connectivity index (χ0) is 51.9. The van der Waals surface area contributed by atoms with Crippen LogP contribution in [0.5, 0.6) is 0 Å². The van der Waals surface area contributed by atoms with Crippen molar-refractivity contribution in [3.8, 4) is 0 Å². The van der Waals surface area contributed by atoms with E-state index >= 15 is 0 Å². The molecule has 0 saturated carbocycles. The summed E-state index contributed by atoms with van der Waals surface area (Å²) in [6, 6.07) is 45.0. The van der Waals surface area contributed by atoms with Gasteiger partial charge in [-0.25, -0.2) is 0 Å². The number of quaternary nitrogens is 2. The summed E-state index contributed by atoms with van der Waals surface area (Å²) >= 11 is 0. The molecule has 0 N–H and O–H groups in total. The Morgan fingerprint density at radius 2 is 0.597 bits per heavy atom. The van der Waals surface area contributed by atoms with Crippen LogP contribution in [0.15, 0.2) is 127 Å². The van der Waals surface area contributed by atoms with Crippen molar-refractivity contribution in [2.24, 2.45) is 0 Å². The summed E-state index contributed by atoms with van der Waals surface area (Å²) in [7, 11) is -2.28. The molecule has 0 radical (unpaired) electrons. The standard InChI is InChI=1S/C34H27BO3.2C16H36N/c36-35(37)38-24-10-23-34(31-20-7-14-25-11-1-4-17-28(25)31,32-21-8-15-26-12-2-5-18-29(26)32)33-22-9-16-27-13-3-6-19-30(27)33;2*1-5-9-13-17(14-10-6-2,15-11-7-3)16-12-8-4/h1-9,11-22H,10,23-24H2;2*5-16H2,1-4H3/q-2;2*+1. The highest BCUT2D eigenvalue weighted by atomic mass is 16.6. The molecule has 6 rings (SSSR count). The predicted molar refractivity (Wildman–Crippen MR) is 311 cm³/mol. The molecule has 0 fully saturated rings. The fourth-order valence-corrected chi connectivity index (χ4v) is 11.4. The second kappa shape index (κ2) is 33.7. The van der Waals surface area contributed by atoms with Crippen LogP contribution in [0.25, 0.3) is 32.3 Å². The van der Waals surface area contributed by atoms with Gasteiger partial charge in [-0.2, -0.15) is 0 Å². The lowest BCUT2D eigenvalue weighted by atomic mass is 9.63. The average molecular weight is 979 g/mol. The lowest BCUT2D eigenvalue weighted by Gasteiger charge is -2.39. The molecule has 0 unspecified atom stereocenters. The van der Waals surface area contributed by atoms with Crippen LogP contribution in [-0.2, 0) is 10.1 Å². The van der Waals surface area contributed by atoms with E-state index in [1.165, 1.54) is 213 Å². The zero-order valence-corrected chi connectivity index (χ0v) is 46.9.